The van der Waals surface area contributed by atoms with Crippen LogP contribution in [0, 0.1) is 0 Å². The third-order valence-electron chi connectivity index (χ3n) is 2.22. The van der Waals surface area contributed by atoms with Gasteiger partial charge in [0.25, 0.3) is 0 Å². The van der Waals surface area contributed by atoms with Gasteiger partial charge in [0.15, 0.2) is 16.6 Å². The first kappa shape index (κ1) is 12.0. The van der Waals surface area contributed by atoms with Crippen molar-refractivity contribution in [2.45, 2.75) is 19.9 Å². The quantitative estimate of drug-likeness (QED) is 0.790. The van der Waals surface area contributed by atoms with E-state index in [0.717, 1.165) is 17.2 Å². The first-order valence-corrected chi connectivity index (χ1v) is 6.03. The fourth-order valence-electron chi connectivity index (χ4n) is 1.55. The summed E-state index contributed by atoms with van der Waals surface area (Å²) in [4.78, 5) is 0. The Morgan fingerprint density at radius 1 is 1.24 bits per heavy atom. The second-order valence-electron chi connectivity index (χ2n) is 4.11. The topological polar surface area (TPSA) is 42.5 Å². The highest BCUT2D eigenvalue weighted by Gasteiger charge is 2.12. The zero-order valence-corrected chi connectivity index (χ0v) is 10.8. The number of hydrogen-bond acceptors (Lipinski definition) is 3. The molecule has 1 heterocycles. The first-order chi connectivity index (χ1) is 8.15. The molecule has 92 valence electrons. The van der Waals surface area contributed by atoms with Gasteiger partial charge in [-0.25, -0.2) is 0 Å². The highest BCUT2D eigenvalue weighted by molar-refractivity contribution is 7.80. The molecular formula is C12H16N2O2S. The van der Waals surface area contributed by atoms with Gasteiger partial charge in [-0.15, -0.1) is 0 Å². The van der Waals surface area contributed by atoms with Crippen molar-refractivity contribution >= 4 is 23.0 Å². The van der Waals surface area contributed by atoms with Crippen molar-refractivity contribution in [3.63, 3.8) is 0 Å². The lowest BCUT2D eigenvalue weighted by molar-refractivity contribution is 0.171. The van der Waals surface area contributed by atoms with E-state index in [1.165, 1.54) is 0 Å². The molecular weight excluding hydrogens is 236 g/mol. The largest absolute Gasteiger partial charge is 0.486 e. The summed E-state index contributed by atoms with van der Waals surface area (Å²) < 4.78 is 10.9. The van der Waals surface area contributed by atoms with Gasteiger partial charge in [-0.1, -0.05) is 0 Å². The highest BCUT2D eigenvalue weighted by Crippen LogP contribution is 2.32. The van der Waals surface area contributed by atoms with Crippen molar-refractivity contribution in [1.82, 2.24) is 5.32 Å². The fourth-order valence-corrected chi connectivity index (χ4v) is 1.90. The minimum absolute atomic E-state index is 0.312. The molecule has 1 aromatic carbocycles. The van der Waals surface area contributed by atoms with E-state index in [0.29, 0.717) is 24.4 Å². The second kappa shape index (κ2) is 5.23. The summed E-state index contributed by atoms with van der Waals surface area (Å²) in [6, 6.07) is 6.01. The molecule has 1 aromatic rings. The van der Waals surface area contributed by atoms with E-state index >= 15 is 0 Å². The monoisotopic (exact) mass is 252 g/mol. The average molecular weight is 252 g/mol. The van der Waals surface area contributed by atoms with Crippen molar-refractivity contribution in [1.29, 1.82) is 0 Å². The standard InChI is InChI=1S/C12H16N2O2S/c1-8(2)13-12(17)14-9-3-4-10-11(7-9)16-6-5-15-10/h3-4,7-8H,5-6H2,1-2H3,(H2,13,14,17). The van der Waals surface area contributed by atoms with Crippen molar-refractivity contribution in [3.05, 3.63) is 18.2 Å². The zero-order chi connectivity index (χ0) is 12.3. The Morgan fingerprint density at radius 3 is 2.65 bits per heavy atom. The van der Waals surface area contributed by atoms with Crippen LogP contribution in [0.15, 0.2) is 18.2 Å². The molecule has 0 aliphatic carbocycles. The number of nitrogens with one attached hydrogen (secondary N) is 2. The van der Waals surface area contributed by atoms with E-state index in [9.17, 15) is 0 Å². The van der Waals surface area contributed by atoms with E-state index in [1.807, 2.05) is 32.0 Å². The van der Waals surface area contributed by atoms with Crippen LogP contribution in [-0.2, 0) is 0 Å². The van der Waals surface area contributed by atoms with Crippen LogP contribution < -0.4 is 20.1 Å². The van der Waals surface area contributed by atoms with Gasteiger partial charge in [-0.3, -0.25) is 0 Å². The molecule has 0 unspecified atom stereocenters. The van der Waals surface area contributed by atoms with Gasteiger partial charge in [0, 0.05) is 17.8 Å². The normalized spacial score (nSPS) is 13.4. The number of hydrogen-bond donors (Lipinski definition) is 2. The molecule has 17 heavy (non-hydrogen) atoms. The second-order valence-corrected chi connectivity index (χ2v) is 4.52. The predicted octanol–water partition coefficient (Wildman–Crippen LogP) is 2.15. The molecule has 2 N–H and O–H groups in total. The maximum absolute atomic E-state index is 5.50. The molecule has 0 saturated heterocycles. The zero-order valence-electron chi connectivity index (χ0n) is 9.95. The molecule has 5 heteroatoms. The lowest BCUT2D eigenvalue weighted by Gasteiger charge is -2.19. The molecule has 1 aliphatic rings. The van der Waals surface area contributed by atoms with E-state index in [1.54, 1.807) is 0 Å². The van der Waals surface area contributed by atoms with Crippen molar-refractivity contribution in [3.8, 4) is 11.5 Å². The van der Waals surface area contributed by atoms with Crippen LogP contribution in [0.1, 0.15) is 13.8 Å². The Labute approximate surface area is 106 Å². The van der Waals surface area contributed by atoms with Gasteiger partial charge in [0.2, 0.25) is 0 Å². The van der Waals surface area contributed by atoms with Gasteiger partial charge in [-0.05, 0) is 38.2 Å². The Kier molecular flexibility index (Phi) is 3.68. The van der Waals surface area contributed by atoms with Crippen LogP contribution in [0.5, 0.6) is 11.5 Å². The molecule has 0 bridgehead atoms. The molecule has 4 nitrogen and oxygen atoms in total. The molecule has 1 aliphatic heterocycles. The van der Waals surface area contributed by atoms with Crippen molar-refractivity contribution < 1.29 is 9.47 Å². The maximum atomic E-state index is 5.50. The third-order valence-corrected chi connectivity index (χ3v) is 2.44. The molecule has 0 fully saturated rings. The number of ether oxygens (including phenoxy) is 2. The van der Waals surface area contributed by atoms with Gasteiger partial charge in [0.05, 0.1) is 0 Å². The minimum Gasteiger partial charge on any atom is -0.486 e. The lowest BCUT2D eigenvalue weighted by Crippen LogP contribution is -2.33. The summed E-state index contributed by atoms with van der Waals surface area (Å²) in [6.45, 7) is 5.27. The molecule has 0 spiro atoms. The molecule has 0 amide bonds. The van der Waals surface area contributed by atoms with Gasteiger partial charge in [-0.2, -0.15) is 0 Å². The van der Waals surface area contributed by atoms with E-state index in [-0.39, 0.29) is 0 Å². The molecule has 0 saturated carbocycles. The number of fused-ring (bicyclic) bond motifs is 1. The minimum atomic E-state index is 0.312. The number of anilines is 1. The number of benzene rings is 1. The van der Waals surface area contributed by atoms with Crippen LogP contribution in [0.2, 0.25) is 0 Å². The van der Waals surface area contributed by atoms with Gasteiger partial charge in [0.1, 0.15) is 13.2 Å². The highest BCUT2D eigenvalue weighted by atomic mass is 32.1. The Morgan fingerprint density at radius 2 is 1.94 bits per heavy atom. The number of thiocarbonyl (C=S) groups is 1. The fraction of sp³-hybridized carbons (Fsp3) is 0.417. The number of rotatable bonds is 2. The Balaban J connectivity index is 2.04. The van der Waals surface area contributed by atoms with Crippen LogP contribution >= 0.6 is 12.2 Å². The van der Waals surface area contributed by atoms with Crippen LogP contribution in [-0.4, -0.2) is 24.4 Å². The Hall–Kier alpha value is -1.49. The van der Waals surface area contributed by atoms with Gasteiger partial charge >= 0.3 is 0 Å². The SMILES string of the molecule is CC(C)NC(=S)Nc1ccc2c(c1)OCCO2. The summed E-state index contributed by atoms with van der Waals surface area (Å²) >= 11 is 5.17. The summed E-state index contributed by atoms with van der Waals surface area (Å²) in [5.74, 6) is 1.54. The van der Waals surface area contributed by atoms with Crippen molar-refractivity contribution in [2.75, 3.05) is 18.5 Å². The van der Waals surface area contributed by atoms with Crippen LogP contribution in [0.25, 0.3) is 0 Å². The predicted molar refractivity (Wildman–Crippen MR) is 71.9 cm³/mol. The first-order valence-electron chi connectivity index (χ1n) is 5.62. The van der Waals surface area contributed by atoms with Crippen LogP contribution in [0.3, 0.4) is 0 Å². The molecule has 2 rings (SSSR count). The van der Waals surface area contributed by atoms with Crippen LogP contribution in [0.4, 0.5) is 5.69 Å². The summed E-state index contributed by atoms with van der Waals surface area (Å²) in [5, 5.41) is 6.84. The van der Waals surface area contributed by atoms with E-state index in [2.05, 4.69) is 10.6 Å². The van der Waals surface area contributed by atoms with E-state index < -0.39 is 0 Å². The van der Waals surface area contributed by atoms with E-state index in [4.69, 9.17) is 21.7 Å². The Bertz CT molecular complexity index is 421. The third kappa shape index (κ3) is 3.23. The van der Waals surface area contributed by atoms with Crippen molar-refractivity contribution in [2.24, 2.45) is 0 Å². The van der Waals surface area contributed by atoms with Gasteiger partial charge < -0.3 is 20.1 Å². The smallest absolute Gasteiger partial charge is 0.170 e. The summed E-state index contributed by atoms with van der Waals surface area (Å²) in [6.07, 6.45) is 0. The molecule has 0 aromatic heterocycles. The average Bonchev–Trinajstić information content (AvgIpc) is 2.27. The maximum Gasteiger partial charge on any atom is 0.170 e. The summed E-state index contributed by atoms with van der Waals surface area (Å²) in [7, 11) is 0. The lowest BCUT2D eigenvalue weighted by atomic mass is 10.2. The molecule has 0 atom stereocenters. The molecule has 0 radical (unpaired) electrons. The summed E-state index contributed by atoms with van der Waals surface area (Å²) in [5.41, 5.74) is 0.896.